The summed E-state index contributed by atoms with van der Waals surface area (Å²) in [6.07, 6.45) is 1.86. The monoisotopic (exact) mass is 442 g/mol. The van der Waals surface area contributed by atoms with Crippen LogP contribution in [-0.2, 0) is 21.3 Å². The van der Waals surface area contributed by atoms with E-state index in [0.29, 0.717) is 18.0 Å². The summed E-state index contributed by atoms with van der Waals surface area (Å²) in [6, 6.07) is 15.4. The zero-order valence-electron chi connectivity index (χ0n) is 18.0. The van der Waals surface area contributed by atoms with Crippen molar-refractivity contribution < 1.29 is 13.2 Å². The molecule has 166 valence electrons. The first-order valence-electron chi connectivity index (χ1n) is 10.7. The number of aryl methyl sites for hydroxylation is 1. The second kappa shape index (κ2) is 9.38. The number of sulfonamides is 1. The van der Waals surface area contributed by atoms with E-state index >= 15 is 0 Å². The van der Waals surface area contributed by atoms with Crippen molar-refractivity contribution in [2.45, 2.75) is 43.4 Å². The third-order valence-corrected chi connectivity index (χ3v) is 7.23. The Labute approximate surface area is 184 Å². The van der Waals surface area contributed by atoms with Gasteiger partial charge in [-0.2, -0.15) is 0 Å². The highest BCUT2D eigenvalue weighted by molar-refractivity contribution is 7.89. The molecule has 4 rings (SSSR count). The van der Waals surface area contributed by atoms with Crippen LogP contribution >= 0.6 is 0 Å². The molecule has 1 aliphatic carbocycles. The van der Waals surface area contributed by atoms with Crippen molar-refractivity contribution in [2.75, 3.05) is 26.7 Å². The highest BCUT2D eigenvalue weighted by atomic mass is 32.2. The molecule has 0 radical (unpaired) electrons. The summed E-state index contributed by atoms with van der Waals surface area (Å²) in [4.78, 5) is 6.96. The molecule has 0 aromatic heterocycles. The van der Waals surface area contributed by atoms with E-state index in [-0.39, 0.29) is 12.1 Å². The second-order valence-electron chi connectivity index (χ2n) is 8.10. The molecule has 2 fully saturated rings. The molecule has 1 atom stereocenters. The van der Waals surface area contributed by atoms with Gasteiger partial charge < -0.3 is 15.0 Å². The van der Waals surface area contributed by atoms with Crippen LogP contribution in [0.3, 0.4) is 0 Å². The standard InChI is InChI=1S/C23H30N4O3S/c1-17-5-3-4-6-21(17)22-16-27(13-14-30-22)23(24-2)25-15-18-7-11-20(12-8-18)31(28,29)26-19-9-10-19/h3-8,11-12,19,22,26H,9-10,13-16H2,1-2H3,(H,24,25). The summed E-state index contributed by atoms with van der Waals surface area (Å²) in [5.41, 5.74) is 3.43. The molecule has 31 heavy (non-hydrogen) atoms. The van der Waals surface area contributed by atoms with Crippen molar-refractivity contribution in [3.8, 4) is 0 Å². The van der Waals surface area contributed by atoms with Gasteiger partial charge in [-0.25, -0.2) is 13.1 Å². The molecule has 1 aliphatic heterocycles. The van der Waals surface area contributed by atoms with Gasteiger partial charge in [-0.1, -0.05) is 36.4 Å². The molecule has 1 saturated heterocycles. The molecule has 1 unspecified atom stereocenters. The molecule has 8 heteroatoms. The van der Waals surface area contributed by atoms with Crippen molar-refractivity contribution >= 4 is 16.0 Å². The maximum atomic E-state index is 12.3. The molecule has 0 bridgehead atoms. The van der Waals surface area contributed by atoms with Gasteiger partial charge in [0, 0.05) is 26.2 Å². The predicted molar refractivity (Wildman–Crippen MR) is 121 cm³/mol. The van der Waals surface area contributed by atoms with E-state index in [1.807, 2.05) is 24.3 Å². The molecular formula is C23H30N4O3S. The number of nitrogens with one attached hydrogen (secondary N) is 2. The van der Waals surface area contributed by atoms with Crippen LogP contribution in [0.25, 0.3) is 0 Å². The van der Waals surface area contributed by atoms with Gasteiger partial charge in [0.05, 0.1) is 18.0 Å². The Morgan fingerprint density at radius 2 is 1.90 bits per heavy atom. The van der Waals surface area contributed by atoms with Gasteiger partial charge in [-0.3, -0.25) is 4.99 Å². The van der Waals surface area contributed by atoms with Crippen LogP contribution in [0.15, 0.2) is 58.4 Å². The summed E-state index contributed by atoms with van der Waals surface area (Å²) in [6.45, 7) is 4.81. The average molecular weight is 443 g/mol. The van der Waals surface area contributed by atoms with Crippen LogP contribution in [-0.4, -0.2) is 52.1 Å². The van der Waals surface area contributed by atoms with E-state index in [4.69, 9.17) is 4.74 Å². The Balaban J connectivity index is 1.36. The number of aliphatic imine (C=N–C) groups is 1. The van der Waals surface area contributed by atoms with Crippen LogP contribution in [0.4, 0.5) is 0 Å². The molecule has 1 saturated carbocycles. The Morgan fingerprint density at radius 3 is 2.58 bits per heavy atom. The van der Waals surface area contributed by atoms with Gasteiger partial charge in [0.15, 0.2) is 5.96 Å². The maximum absolute atomic E-state index is 12.3. The van der Waals surface area contributed by atoms with Crippen LogP contribution in [0.1, 0.15) is 35.6 Å². The van der Waals surface area contributed by atoms with Crippen molar-refractivity contribution in [1.82, 2.24) is 14.9 Å². The summed E-state index contributed by atoms with van der Waals surface area (Å²) >= 11 is 0. The molecule has 0 spiro atoms. The quantitative estimate of drug-likeness (QED) is 0.531. The fourth-order valence-electron chi connectivity index (χ4n) is 3.77. The molecule has 7 nitrogen and oxygen atoms in total. The number of hydrogen-bond donors (Lipinski definition) is 2. The van der Waals surface area contributed by atoms with E-state index in [0.717, 1.165) is 37.5 Å². The lowest BCUT2D eigenvalue weighted by Gasteiger charge is -2.35. The fourth-order valence-corrected chi connectivity index (χ4v) is 5.07. The summed E-state index contributed by atoms with van der Waals surface area (Å²) < 4.78 is 33.4. The summed E-state index contributed by atoms with van der Waals surface area (Å²) in [7, 11) is -1.64. The highest BCUT2D eigenvalue weighted by Gasteiger charge is 2.28. The average Bonchev–Trinajstić information content (AvgIpc) is 3.58. The third-order valence-electron chi connectivity index (χ3n) is 5.70. The van der Waals surface area contributed by atoms with Crippen LogP contribution < -0.4 is 10.0 Å². The minimum Gasteiger partial charge on any atom is -0.370 e. The zero-order valence-corrected chi connectivity index (χ0v) is 18.9. The molecule has 2 aromatic rings. The number of hydrogen-bond acceptors (Lipinski definition) is 4. The number of nitrogens with zero attached hydrogens (tertiary/aromatic N) is 2. The number of morpholine rings is 1. The molecule has 2 N–H and O–H groups in total. The predicted octanol–water partition coefficient (Wildman–Crippen LogP) is 2.58. The Hall–Kier alpha value is -2.42. The first kappa shape index (κ1) is 21.8. The smallest absolute Gasteiger partial charge is 0.240 e. The van der Waals surface area contributed by atoms with Crippen LogP contribution in [0.5, 0.6) is 0 Å². The molecule has 0 amide bonds. The third kappa shape index (κ3) is 5.44. The lowest BCUT2D eigenvalue weighted by Crippen LogP contribution is -2.48. The van der Waals surface area contributed by atoms with Crippen molar-refractivity contribution in [2.24, 2.45) is 4.99 Å². The van der Waals surface area contributed by atoms with Gasteiger partial charge in [0.2, 0.25) is 10.0 Å². The van der Waals surface area contributed by atoms with Gasteiger partial charge >= 0.3 is 0 Å². The Morgan fingerprint density at radius 1 is 1.16 bits per heavy atom. The van der Waals surface area contributed by atoms with E-state index in [1.54, 1.807) is 19.2 Å². The van der Waals surface area contributed by atoms with E-state index in [9.17, 15) is 8.42 Å². The van der Waals surface area contributed by atoms with Gasteiger partial charge in [0.1, 0.15) is 6.10 Å². The normalized spacial score (nSPS) is 20.0. The Kier molecular flexibility index (Phi) is 6.60. The number of rotatable bonds is 6. The number of guanidine groups is 1. The largest absolute Gasteiger partial charge is 0.370 e. The van der Waals surface area contributed by atoms with Gasteiger partial charge in [-0.15, -0.1) is 0 Å². The van der Waals surface area contributed by atoms with Gasteiger partial charge in [0.25, 0.3) is 0 Å². The minimum absolute atomic E-state index is 0.0111. The van der Waals surface area contributed by atoms with Crippen LogP contribution in [0, 0.1) is 6.92 Å². The molecule has 2 aliphatic rings. The van der Waals surface area contributed by atoms with E-state index in [2.05, 4.69) is 39.0 Å². The Bertz CT molecular complexity index is 1030. The van der Waals surface area contributed by atoms with E-state index in [1.165, 1.54) is 11.1 Å². The summed E-state index contributed by atoms with van der Waals surface area (Å²) in [5, 5.41) is 3.40. The molecule has 1 heterocycles. The zero-order chi connectivity index (χ0) is 21.8. The first-order chi connectivity index (χ1) is 15.0. The number of ether oxygens (including phenoxy) is 1. The topological polar surface area (TPSA) is 83.0 Å². The maximum Gasteiger partial charge on any atom is 0.240 e. The lowest BCUT2D eigenvalue weighted by molar-refractivity contribution is -0.00833. The van der Waals surface area contributed by atoms with E-state index < -0.39 is 10.0 Å². The highest BCUT2D eigenvalue weighted by Crippen LogP contribution is 2.25. The first-order valence-corrected chi connectivity index (χ1v) is 12.2. The molecular weight excluding hydrogens is 412 g/mol. The SMILES string of the molecule is CN=C(NCc1ccc(S(=O)(=O)NC2CC2)cc1)N1CCOC(c2ccccc2C)C1. The number of benzene rings is 2. The summed E-state index contributed by atoms with van der Waals surface area (Å²) in [5.74, 6) is 0.814. The second-order valence-corrected chi connectivity index (χ2v) is 9.82. The molecule has 2 aromatic carbocycles. The fraction of sp³-hybridized carbons (Fsp3) is 0.435. The van der Waals surface area contributed by atoms with Gasteiger partial charge in [-0.05, 0) is 48.6 Å². The van der Waals surface area contributed by atoms with Crippen molar-refractivity contribution in [3.05, 3.63) is 65.2 Å². The minimum atomic E-state index is -3.42. The van der Waals surface area contributed by atoms with Crippen LogP contribution in [0.2, 0.25) is 0 Å². The van der Waals surface area contributed by atoms with Crippen molar-refractivity contribution in [3.63, 3.8) is 0 Å². The van der Waals surface area contributed by atoms with Crippen molar-refractivity contribution in [1.29, 1.82) is 0 Å². The lowest BCUT2D eigenvalue weighted by atomic mass is 10.0.